The molecule has 0 unspecified atom stereocenters. The Morgan fingerprint density at radius 1 is 1.28 bits per heavy atom. The molecule has 0 saturated carbocycles. The number of carboxylic acid groups (broad SMARTS) is 1. The molecule has 0 radical (unpaired) electrons. The third-order valence-electron chi connectivity index (χ3n) is 2.26. The maximum atomic E-state index is 13.5. The van der Waals surface area contributed by atoms with Gasteiger partial charge in [0.1, 0.15) is 5.69 Å². The molecule has 0 saturated heterocycles. The first-order valence-corrected chi connectivity index (χ1v) is 4.69. The molecule has 0 amide bonds. The van der Waals surface area contributed by atoms with E-state index in [-0.39, 0.29) is 16.8 Å². The molecule has 1 heterocycles. The van der Waals surface area contributed by atoms with Gasteiger partial charge < -0.3 is 10.8 Å². The first kappa shape index (κ1) is 11.8. The fraction of sp³-hybridized carbons (Fsp3) is 0. The van der Waals surface area contributed by atoms with Crippen LogP contribution in [0.1, 0.15) is 10.4 Å². The monoisotopic (exact) mass is 252 g/mol. The average molecular weight is 252 g/mol. The summed E-state index contributed by atoms with van der Waals surface area (Å²) in [4.78, 5) is 10.9. The zero-order chi connectivity index (χ0) is 13.3. The molecule has 18 heavy (non-hydrogen) atoms. The highest BCUT2D eigenvalue weighted by Gasteiger charge is 2.19. The lowest BCUT2D eigenvalue weighted by atomic mass is 10.0. The third-order valence-corrected chi connectivity index (χ3v) is 2.26. The largest absolute Gasteiger partial charge is 0.478 e. The number of benzene rings is 1. The third kappa shape index (κ3) is 1.83. The number of hydrogen-bond acceptors (Lipinski definition) is 5. The molecule has 92 valence electrons. The number of nitrogens with zero attached hydrogens (tertiary/aromatic N) is 3. The molecule has 0 spiro atoms. The van der Waals surface area contributed by atoms with Crippen molar-refractivity contribution >= 4 is 11.7 Å². The molecule has 0 atom stereocenters. The van der Waals surface area contributed by atoms with E-state index in [4.69, 9.17) is 10.8 Å². The Bertz CT molecular complexity index is 633. The molecule has 1 aromatic carbocycles. The molecule has 0 aliphatic rings. The quantitative estimate of drug-likeness (QED) is 0.776. The molecule has 3 N–H and O–H groups in total. The van der Waals surface area contributed by atoms with Gasteiger partial charge in [-0.1, -0.05) is 17.2 Å². The van der Waals surface area contributed by atoms with Gasteiger partial charge in [0.05, 0.1) is 11.3 Å². The van der Waals surface area contributed by atoms with E-state index >= 15 is 0 Å². The van der Waals surface area contributed by atoms with Gasteiger partial charge in [-0.25, -0.2) is 4.79 Å². The van der Waals surface area contributed by atoms with Crippen molar-refractivity contribution in [3.63, 3.8) is 0 Å². The second-order valence-electron chi connectivity index (χ2n) is 3.31. The molecule has 0 bridgehead atoms. The van der Waals surface area contributed by atoms with Gasteiger partial charge >= 0.3 is 5.97 Å². The zero-order valence-electron chi connectivity index (χ0n) is 8.76. The van der Waals surface area contributed by atoms with Crippen molar-refractivity contribution in [3.05, 3.63) is 35.5 Å². The number of nitrogen functional groups attached to an aromatic ring is 1. The minimum absolute atomic E-state index is 0.0544. The standard InChI is InChI=1S/C10H6F2N4O2/c11-6-8(14-16-15-9(6)12)4-2-1-3-5(7(4)13)10(17)18/h1-3H,13H2,(H,17,18). The smallest absolute Gasteiger partial charge is 0.337 e. The number of anilines is 1. The summed E-state index contributed by atoms with van der Waals surface area (Å²) in [6.45, 7) is 0. The number of para-hydroxylation sites is 1. The molecule has 0 fully saturated rings. The Hall–Kier alpha value is -2.64. The highest BCUT2D eigenvalue weighted by molar-refractivity contribution is 5.97. The van der Waals surface area contributed by atoms with Gasteiger partial charge in [0.15, 0.2) is 0 Å². The molecule has 1 aromatic heterocycles. The molecule has 6 nitrogen and oxygen atoms in total. The van der Waals surface area contributed by atoms with Crippen LogP contribution in [0.2, 0.25) is 0 Å². The molecular formula is C10H6F2N4O2. The number of hydrogen-bond donors (Lipinski definition) is 2. The SMILES string of the molecule is Nc1c(C(=O)O)cccc1-c1nnnc(F)c1F. The van der Waals surface area contributed by atoms with E-state index in [1.165, 1.54) is 18.2 Å². The Balaban J connectivity index is 2.69. The number of aromatic carboxylic acids is 1. The van der Waals surface area contributed by atoms with Crippen LogP contribution in [0, 0.1) is 11.8 Å². The van der Waals surface area contributed by atoms with Crippen molar-refractivity contribution in [1.82, 2.24) is 15.4 Å². The van der Waals surface area contributed by atoms with Crippen LogP contribution in [0.25, 0.3) is 11.3 Å². The average Bonchev–Trinajstić information content (AvgIpc) is 2.33. The number of carbonyl (C=O) groups is 1. The van der Waals surface area contributed by atoms with Crippen molar-refractivity contribution in [2.75, 3.05) is 5.73 Å². The second kappa shape index (κ2) is 4.32. The summed E-state index contributed by atoms with van der Waals surface area (Å²) < 4.78 is 26.4. The van der Waals surface area contributed by atoms with Crippen molar-refractivity contribution in [2.24, 2.45) is 0 Å². The summed E-state index contributed by atoms with van der Waals surface area (Å²) in [7, 11) is 0. The zero-order valence-corrected chi connectivity index (χ0v) is 8.76. The highest BCUT2D eigenvalue weighted by atomic mass is 19.2. The Morgan fingerprint density at radius 3 is 2.67 bits per heavy atom. The van der Waals surface area contributed by atoms with Crippen LogP contribution in [-0.2, 0) is 0 Å². The minimum Gasteiger partial charge on any atom is -0.478 e. The van der Waals surface area contributed by atoms with Gasteiger partial charge in [-0.15, -0.1) is 5.10 Å². The predicted molar refractivity (Wildman–Crippen MR) is 56.6 cm³/mol. The van der Waals surface area contributed by atoms with Gasteiger partial charge in [0.25, 0.3) is 5.95 Å². The normalized spacial score (nSPS) is 10.3. The molecule has 0 aliphatic heterocycles. The maximum absolute atomic E-state index is 13.5. The lowest BCUT2D eigenvalue weighted by Crippen LogP contribution is -2.07. The van der Waals surface area contributed by atoms with Gasteiger partial charge in [-0.05, 0) is 11.3 Å². The van der Waals surface area contributed by atoms with E-state index in [0.717, 1.165) is 0 Å². The van der Waals surface area contributed by atoms with E-state index < -0.39 is 23.4 Å². The summed E-state index contributed by atoms with van der Waals surface area (Å²) in [6, 6.07) is 3.90. The summed E-state index contributed by atoms with van der Waals surface area (Å²) >= 11 is 0. The van der Waals surface area contributed by atoms with Crippen LogP contribution >= 0.6 is 0 Å². The highest BCUT2D eigenvalue weighted by Crippen LogP contribution is 2.28. The summed E-state index contributed by atoms with van der Waals surface area (Å²) in [5.41, 5.74) is 4.59. The number of aromatic nitrogens is 3. The number of halogens is 2. The van der Waals surface area contributed by atoms with Crippen LogP contribution in [0.4, 0.5) is 14.5 Å². The lowest BCUT2D eigenvalue weighted by Gasteiger charge is -2.07. The first-order chi connectivity index (χ1) is 8.52. The van der Waals surface area contributed by atoms with Gasteiger partial charge in [-0.3, -0.25) is 0 Å². The van der Waals surface area contributed by atoms with Crippen molar-refractivity contribution in [2.45, 2.75) is 0 Å². The van der Waals surface area contributed by atoms with Gasteiger partial charge in [0.2, 0.25) is 5.82 Å². The molecule has 2 rings (SSSR count). The van der Waals surface area contributed by atoms with Crippen molar-refractivity contribution in [3.8, 4) is 11.3 Å². The maximum Gasteiger partial charge on any atom is 0.337 e. The van der Waals surface area contributed by atoms with E-state index in [1.807, 2.05) is 0 Å². The Labute approximate surface area is 99.1 Å². The first-order valence-electron chi connectivity index (χ1n) is 4.69. The number of carboxylic acids is 1. The number of nitrogens with two attached hydrogens (primary N) is 1. The van der Waals surface area contributed by atoms with Crippen LogP contribution in [0.3, 0.4) is 0 Å². The molecule has 8 heteroatoms. The van der Waals surface area contributed by atoms with Gasteiger partial charge in [0, 0.05) is 5.56 Å². The summed E-state index contributed by atoms with van der Waals surface area (Å²) in [6.07, 6.45) is 0. The molecular weight excluding hydrogens is 246 g/mol. The van der Waals surface area contributed by atoms with Crippen LogP contribution in [0.15, 0.2) is 18.2 Å². The van der Waals surface area contributed by atoms with E-state index in [1.54, 1.807) is 0 Å². The second-order valence-corrected chi connectivity index (χ2v) is 3.31. The summed E-state index contributed by atoms with van der Waals surface area (Å²) in [5.74, 6) is -4.04. The minimum atomic E-state index is -1.43. The van der Waals surface area contributed by atoms with E-state index in [2.05, 4.69) is 15.4 Å². The molecule has 2 aromatic rings. The van der Waals surface area contributed by atoms with Crippen LogP contribution in [0.5, 0.6) is 0 Å². The Kier molecular flexibility index (Phi) is 2.84. The fourth-order valence-electron chi connectivity index (χ4n) is 1.42. The van der Waals surface area contributed by atoms with Crippen LogP contribution < -0.4 is 5.73 Å². The van der Waals surface area contributed by atoms with Crippen molar-refractivity contribution in [1.29, 1.82) is 0 Å². The number of rotatable bonds is 2. The molecule has 0 aliphatic carbocycles. The van der Waals surface area contributed by atoms with E-state index in [9.17, 15) is 13.6 Å². The lowest BCUT2D eigenvalue weighted by molar-refractivity contribution is 0.0698. The van der Waals surface area contributed by atoms with Crippen molar-refractivity contribution < 1.29 is 18.7 Å². The summed E-state index contributed by atoms with van der Waals surface area (Å²) in [5, 5.41) is 18.0. The Morgan fingerprint density at radius 2 is 2.00 bits per heavy atom. The topological polar surface area (TPSA) is 102 Å². The van der Waals surface area contributed by atoms with E-state index in [0.29, 0.717) is 0 Å². The predicted octanol–water partition coefficient (Wildman–Crippen LogP) is 1.10. The van der Waals surface area contributed by atoms with Gasteiger partial charge in [-0.2, -0.15) is 8.78 Å². The van der Waals surface area contributed by atoms with Crippen LogP contribution in [-0.4, -0.2) is 26.5 Å². The fourth-order valence-corrected chi connectivity index (χ4v) is 1.42.